The number of halogens is 1. The zero-order chi connectivity index (χ0) is 13.7. The van der Waals surface area contributed by atoms with Gasteiger partial charge < -0.3 is 10.1 Å². The molecule has 0 bridgehead atoms. The molecule has 1 heterocycles. The van der Waals surface area contributed by atoms with Crippen LogP contribution in [0.2, 0.25) is 0 Å². The summed E-state index contributed by atoms with van der Waals surface area (Å²) in [6.07, 6.45) is 1.23. The summed E-state index contributed by atoms with van der Waals surface area (Å²) in [6.45, 7) is 2.55. The molecule has 1 aromatic carbocycles. The van der Waals surface area contributed by atoms with Gasteiger partial charge in [-0.3, -0.25) is 4.98 Å². The van der Waals surface area contributed by atoms with Gasteiger partial charge in [-0.1, -0.05) is 18.2 Å². The van der Waals surface area contributed by atoms with Gasteiger partial charge >= 0.3 is 0 Å². The molecule has 2 aromatic rings. The smallest absolute Gasteiger partial charge is 0.141 e. The summed E-state index contributed by atoms with van der Waals surface area (Å²) in [7, 11) is 1.85. The van der Waals surface area contributed by atoms with Crippen LogP contribution in [0.5, 0.6) is 5.75 Å². The summed E-state index contributed by atoms with van der Waals surface area (Å²) in [5.41, 5.74) is 1.75. The molecule has 0 radical (unpaired) electrons. The third kappa shape index (κ3) is 3.09. The SMILES string of the molecule is CCOc1ccccc1C(NC)c1ccc(F)cn1. The Balaban J connectivity index is 2.39. The zero-order valence-corrected chi connectivity index (χ0v) is 11.1. The van der Waals surface area contributed by atoms with Crippen molar-refractivity contribution >= 4 is 0 Å². The number of nitrogens with one attached hydrogen (secondary N) is 1. The topological polar surface area (TPSA) is 34.1 Å². The van der Waals surface area contributed by atoms with E-state index < -0.39 is 0 Å². The van der Waals surface area contributed by atoms with Crippen LogP contribution in [-0.4, -0.2) is 18.6 Å². The molecule has 2 rings (SSSR count). The third-order valence-corrected chi connectivity index (χ3v) is 2.86. The summed E-state index contributed by atoms with van der Waals surface area (Å²) in [5, 5.41) is 3.19. The molecule has 0 amide bonds. The molecule has 0 aliphatic rings. The molecular weight excluding hydrogens is 243 g/mol. The molecule has 0 aliphatic heterocycles. The molecule has 1 atom stereocenters. The lowest BCUT2D eigenvalue weighted by Crippen LogP contribution is -2.19. The maximum atomic E-state index is 12.9. The predicted octanol–water partition coefficient (Wildman–Crippen LogP) is 2.93. The van der Waals surface area contributed by atoms with E-state index in [1.165, 1.54) is 12.3 Å². The fourth-order valence-corrected chi connectivity index (χ4v) is 2.03. The van der Waals surface area contributed by atoms with Crippen molar-refractivity contribution in [1.29, 1.82) is 0 Å². The molecule has 1 aromatic heterocycles. The minimum absolute atomic E-state index is 0.122. The molecule has 1 N–H and O–H groups in total. The Morgan fingerprint density at radius 3 is 2.68 bits per heavy atom. The summed E-state index contributed by atoms with van der Waals surface area (Å²) >= 11 is 0. The lowest BCUT2D eigenvalue weighted by atomic mass is 10.0. The summed E-state index contributed by atoms with van der Waals surface area (Å²) in [6, 6.07) is 10.8. The van der Waals surface area contributed by atoms with Crippen LogP contribution in [0.4, 0.5) is 4.39 Å². The number of aromatic nitrogens is 1. The van der Waals surface area contributed by atoms with Crippen molar-refractivity contribution in [3.05, 3.63) is 59.7 Å². The van der Waals surface area contributed by atoms with Crippen LogP contribution in [-0.2, 0) is 0 Å². The normalized spacial score (nSPS) is 12.2. The van der Waals surface area contributed by atoms with Gasteiger partial charge in [-0.25, -0.2) is 4.39 Å². The molecule has 3 nitrogen and oxygen atoms in total. The minimum Gasteiger partial charge on any atom is -0.494 e. The Hall–Kier alpha value is -1.94. The number of pyridine rings is 1. The maximum Gasteiger partial charge on any atom is 0.141 e. The van der Waals surface area contributed by atoms with E-state index >= 15 is 0 Å². The van der Waals surface area contributed by atoms with Gasteiger partial charge in [0.05, 0.1) is 24.5 Å². The van der Waals surface area contributed by atoms with Gasteiger partial charge in [0, 0.05) is 5.56 Å². The van der Waals surface area contributed by atoms with Gasteiger partial charge in [0.2, 0.25) is 0 Å². The highest BCUT2D eigenvalue weighted by molar-refractivity contribution is 5.39. The maximum absolute atomic E-state index is 12.9. The predicted molar refractivity (Wildman–Crippen MR) is 72.7 cm³/mol. The third-order valence-electron chi connectivity index (χ3n) is 2.86. The average Bonchev–Trinajstić information content (AvgIpc) is 2.44. The van der Waals surface area contributed by atoms with Gasteiger partial charge in [-0.15, -0.1) is 0 Å². The fraction of sp³-hybridized carbons (Fsp3) is 0.267. The van der Waals surface area contributed by atoms with Crippen LogP contribution in [0.15, 0.2) is 42.6 Å². The summed E-state index contributed by atoms with van der Waals surface area (Å²) < 4.78 is 18.6. The molecule has 0 fully saturated rings. The largest absolute Gasteiger partial charge is 0.494 e. The van der Waals surface area contributed by atoms with Crippen LogP contribution >= 0.6 is 0 Å². The second-order valence-electron chi connectivity index (χ2n) is 4.09. The van der Waals surface area contributed by atoms with Crippen LogP contribution in [0.25, 0.3) is 0 Å². The number of ether oxygens (including phenoxy) is 1. The van der Waals surface area contributed by atoms with Crippen molar-refractivity contribution in [3.63, 3.8) is 0 Å². The first-order valence-electron chi connectivity index (χ1n) is 6.26. The Kier molecular flexibility index (Phi) is 4.47. The quantitative estimate of drug-likeness (QED) is 0.897. The number of rotatable bonds is 5. The first-order chi connectivity index (χ1) is 9.26. The highest BCUT2D eigenvalue weighted by Crippen LogP contribution is 2.28. The van der Waals surface area contributed by atoms with E-state index in [-0.39, 0.29) is 11.9 Å². The number of para-hydroxylation sites is 1. The fourth-order valence-electron chi connectivity index (χ4n) is 2.03. The van der Waals surface area contributed by atoms with Crippen LogP contribution in [0, 0.1) is 5.82 Å². The summed E-state index contributed by atoms with van der Waals surface area (Å²) in [5.74, 6) is 0.479. The Bertz CT molecular complexity index is 528. The van der Waals surface area contributed by atoms with Crippen molar-refractivity contribution < 1.29 is 9.13 Å². The van der Waals surface area contributed by atoms with Crippen molar-refractivity contribution in [3.8, 4) is 5.75 Å². The van der Waals surface area contributed by atoms with Crippen molar-refractivity contribution in [2.45, 2.75) is 13.0 Å². The van der Waals surface area contributed by atoms with Crippen LogP contribution < -0.4 is 10.1 Å². The molecule has 0 saturated heterocycles. The van der Waals surface area contributed by atoms with E-state index in [0.29, 0.717) is 6.61 Å². The van der Waals surface area contributed by atoms with Crippen LogP contribution in [0.1, 0.15) is 24.2 Å². The van der Waals surface area contributed by atoms with E-state index in [9.17, 15) is 4.39 Å². The standard InChI is InChI=1S/C15H17FN2O/c1-3-19-14-7-5-4-6-12(14)15(17-2)13-9-8-11(16)10-18-13/h4-10,15,17H,3H2,1-2H3. The molecule has 19 heavy (non-hydrogen) atoms. The molecule has 0 saturated carbocycles. The van der Waals surface area contributed by atoms with Gasteiger partial charge in [-0.05, 0) is 32.2 Å². The monoisotopic (exact) mass is 260 g/mol. The molecular formula is C15H17FN2O. The van der Waals surface area contributed by atoms with E-state index in [2.05, 4.69) is 10.3 Å². The van der Waals surface area contributed by atoms with E-state index in [1.807, 2.05) is 38.2 Å². The lowest BCUT2D eigenvalue weighted by molar-refractivity contribution is 0.334. The molecule has 100 valence electrons. The van der Waals surface area contributed by atoms with Gasteiger partial charge in [0.25, 0.3) is 0 Å². The molecule has 4 heteroatoms. The number of hydrogen-bond acceptors (Lipinski definition) is 3. The second kappa shape index (κ2) is 6.29. The van der Waals surface area contributed by atoms with Crippen molar-refractivity contribution in [2.75, 3.05) is 13.7 Å². The van der Waals surface area contributed by atoms with Gasteiger partial charge in [0.15, 0.2) is 0 Å². The highest BCUT2D eigenvalue weighted by Gasteiger charge is 2.17. The van der Waals surface area contributed by atoms with Gasteiger partial charge in [-0.2, -0.15) is 0 Å². The van der Waals surface area contributed by atoms with E-state index in [1.54, 1.807) is 6.07 Å². The second-order valence-corrected chi connectivity index (χ2v) is 4.09. The molecule has 1 unspecified atom stereocenters. The van der Waals surface area contributed by atoms with Gasteiger partial charge in [0.1, 0.15) is 11.6 Å². The first kappa shape index (κ1) is 13.5. The molecule has 0 spiro atoms. The van der Waals surface area contributed by atoms with Crippen molar-refractivity contribution in [2.24, 2.45) is 0 Å². The number of nitrogens with zero attached hydrogens (tertiary/aromatic N) is 1. The van der Waals surface area contributed by atoms with Crippen LogP contribution in [0.3, 0.4) is 0 Å². The Morgan fingerprint density at radius 1 is 1.26 bits per heavy atom. The Morgan fingerprint density at radius 2 is 2.05 bits per heavy atom. The average molecular weight is 260 g/mol. The van der Waals surface area contributed by atoms with E-state index in [0.717, 1.165) is 17.0 Å². The zero-order valence-electron chi connectivity index (χ0n) is 11.1. The number of hydrogen-bond donors (Lipinski definition) is 1. The number of benzene rings is 1. The van der Waals surface area contributed by atoms with Crippen molar-refractivity contribution in [1.82, 2.24) is 10.3 Å². The minimum atomic E-state index is -0.336. The first-order valence-corrected chi connectivity index (χ1v) is 6.26. The highest BCUT2D eigenvalue weighted by atomic mass is 19.1. The summed E-state index contributed by atoms with van der Waals surface area (Å²) in [4.78, 5) is 4.13. The lowest BCUT2D eigenvalue weighted by Gasteiger charge is -2.19. The molecule has 0 aliphatic carbocycles. The Labute approximate surface area is 112 Å². The van der Waals surface area contributed by atoms with E-state index in [4.69, 9.17) is 4.74 Å².